The fourth-order valence-electron chi connectivity index (χ4n) is 4.45. The Kier molecular flexibility index (Phi) is 5.80. The molecule has 1 saturated carbocycles. The van der Waals surface area contributed by atoms with Crippen LogP contribution in [-0.4, -0.2) is 57.9 Å². The topological polar surface area (TPSA) is 104 Å². The first-order valence-electron chi connectivity index (χ1n) is 11.7. The first-order valence-corrected chi connectivity index (χ1v) is 11.7. The van der Waals surface area contributed by atoms with Gasteiger partial charge in [-0.15, -0.1) is 0 Å². The molecule has 3 atom stereocenters. The summed E-state index contributed by atoms with van der Waals surface area (Å²) in [5.74, 6) is 2.35. The molecule has 174 valence electrons. The van der Waals surface area contributed by atoms with Crippen LogP contribution in [-0.2, 0) is 11.3 Å². The highest BCUT2D eigenvalue weighted by Gasteiger charge is 2.41. The molecular formula is C25H32N6O2. The predicted molar refractivity (Wildman–Crippen MR) is 127 cm³/mol. The summed E-state index contributed by atoms with van der Waals surface area (Å²) >= 11 is 0. The molecule has 0 bridgehead atoms. The highest BCUT2D eigenvalue weighted by atomic mass is 16.5. The zero-order valence-corrected chi connectivity index (χ0v) is 19.3. The molecule has 33 heavy (non-hydrogen) atoms. The summed E-state index contributed by atoms with van der Waals surface area (Å²) in [6.45, 7) is 7.77. The van der Waals surface area contributed by atoms with Gasteiger partial charge in [0.05, 0.1) is 24.2 Å². The zero-order chi connectivity index (χ0) is 23.0. The van der Waals surface area contributed by atoms with E-state index in [9.17, 15) is 0 Å². The van der Waals surface area contributed by atoms with E-state index < -0.39 is 0 Å². The van der Waals surface area contributed by atoms with Crippen molar-refractivity contribution in [1.82, 2.24) is 14.9 Å². The number of allylic oxidation sites excluding steroid dienone is 1. The zero-order valence-electron chi connectivity index (χ0n) is 19.3. The molecule has 5 rings (SSSR count). The van der Waals surface area contributed by atoms with Gasteiger partial charge in [0, 0.05) is 43.7 Å². The number of nitrogens with zero attached hydrogens (tertiary/aromatic N) is 4. The predicted octanol–water partition coefficient (Wildman–Crippen LogP) is 3.11. The van der Waals surface area contributed by atoms with Crippen molar-refractivity contribution in [2.24, 2.45) is 11.7 Å². The van der Waals surface area contributed by atoms with Crippen LogP contribution < -0.4 is 10.6 Å². The number of hydrogen-bond donors (Lipinski definition) is 2. The SMILES string of the molecule is C[C@H]1CN(c2cc(C(=N)C3C=C(OC4(C)CC4)C=CC3N)ncn2)CCN1Cc1ccco1. The quantitative estimate of drug-likeness (QED) is 0.627. The van der Waals surface area contributed by atoms with Crippen molar-refractivity contribution in [3.8, 4) is 0 Å². The molecule has 2 aliphatic carbocycles. The standard InChI is InChI=1S/C25H32N6O2/c1-17-14-31(10-9-30(17)15-19-4-3-11-32-19)23-13-22(28-16-29-23)24(27)20-12-18(5-6-21(20)26)33-25(2)7-8-25/h3-6,11-13,16-17,20-21,27H,7-10,14-15,26H2,1-2H3/t17-,20?,21?/m0/s1. The normalized spacial score (nSPS) is 26.7. The summed E-state index contributed by atoms with van der Waals surface area (Å²) in [5, 5.41) is 8.84. The number of nitrogens with one attached hydrogen (secondary N) is 1. The molecule has 2 aromatic rings. The van der Waals surface area contributed by atoms with E-state index in [2.05, 4.69) is 33.6 Å². The Morgan fingerprint density at radius 2 is 2.18 bits per heavy atom. The molecule has 0 spiro atoms. The minimum atomic E-state index is -0.279. The second kappa shape index (κ2) is 8.76. The average molecular weight is 449 g/mol. The van der Waals surface area contributed by atoms with E-state index >= 15 is 0 Å². The van der Waals surface area contributed by atoms with Crippen molar-refractivity contribution in [3.05, 3.63) is 66.2 Å². The molecule has 8 nitrogen and oxygen atoms in total. The Labute approximate surface area is 194 Å². The molecule has 0 radical (unpaired) electrons. The number of anilines is 1. The van der Waals surface area contributed by atoms with E-state index in [1.807, 2.05) is 36.4 Å². The largest absolute Gasteiger partial charge is 0.488 e. The fraction of sp³-hybridized carbons (Fsp3) is 0.480. The molecule has 2 unspecified atom stereocenters. The van der Waals surface area contributed by atoms with E-state index in [0.29, 0.717) is 17.4 Å². The number of nitrogens with two attached hydrogens (primary N) is 1. The van der Waals surface area contributed by atoms with Gasteiger partial charge < -0.3 is 25.2 Å². The lowest BCUT2D eigenvalue weighted by atomic mass is 9.88. The van der Waals surface area contributed by atoms with Crippen molar-refractivity contribution >= 4 is 11.5 Å². The van der Waals surface area contributed by atoms with Crippen LogP contribution in [0, 0.1) is 11.3 Å². The number of rotatable bonds is 7. The minimum Gasteiger partial charge on any atom is -0.488 e. The minimum absolute atomic E-state index is 0.0672. The molecule has 0 amide bonds. The van der Waals surface area contributed by atoms with Crippen molar-refractivity contribution in [2.45, 2.75) is 50.9 Å². The molecule has 2 aromatic heterocycles. The Balaban J connectivity index is 1.27. The number of piperazine rings is 1. The smallest absolute Gasteiger partial charge is 0.132 e. The molecule has 1 saturated heterocycles. The fourth-order valence-corrected chi connectivity index (χ4v) is 4.45. The lowest BCUT2D eigenvalue weighted by Crippen LogP contribution is -2.51. The van der Waals surface area contributed by atoms with Gasteiger partial charge in [0.2, 0.25) is 0 Å². The second-order valence-electron chi connectivity index (χ2n) is 9.60. The summed E-state index contributed by atoms with van der Waals surface area (Å²) in [7, 11) is 0. The molecule has 3 heterocycles. The van der Waals surface area contributed by atoms with Gasteiger partial charge in [-0.1, -0.05) is 6.08 Å². The van der Waals surface area contributed by atoms with Gasteiger partial charge in [0.25, 0.3) is 0 Å². The van der Waals surface area contributed by atoms with Crippen LogP contribution in [0.15, 0.2) is 59.2 Å². The monoisotopic (exact) mass is 448 g/mol. The second-order valence-corrected chi connectivity index (χ2v) is 9.60. The molecular weight excluding hydrogens is 416 g/mol. The first-order chi connectivity index (χ1) is 15.9. The van der Waals surface area contributed by atoms with Gasteiger partial charge in [-0.25, -0.2) is 9.97 Å². The third-order valence-corrected chi connectivity index (χ3v) is 6.85. The summed E-state index contributed by atoms with van der Waals surface area (Å²) in [6, 6.07) is 5.94. The van der Waals surface area contributed by atoms with E-state index in [4.69, 9.17) is 20.3 Å². The third kappa shape index (κ3) is 4.86. The number of ether oxygens (including phenoxy) is 1. The molecule has 1 aliphatic heterocycles. The number of aromatic nitrogens is 2. The maximum Gasteiger partial charge on any atom is 0.132 e. The summed E-state index contributed by atoms with van der Waals surface area (Å²) in [6.07, 6.45) is 11.2. The van der Waals surface area contributed by atoms with Gasteiger partial charge in [0.1, 0.15) is 29.3 Å². The van der Waals surface area contributed by atoms with Crippen LogP contribution in [0.1, 0.15) is 38.1 Å². The van der Waals surface area contributed by atoms with E-state index in [1.165, 1.54) is 0 Å². The Hall–Kier alpha value is -2.97. The average Bonchev–Trinajstić information content (AvgIpc) is 3.31. The molecule has 2 fully saturated rings. The van der Waals surface area contributed by atoms with Crippen LogP contribution in [0.5, 0.6) is 0 Å². The Bertz CT molecular complexity index is 1060. The van der Waals surface area contributed by atoms with Gasteiger partial charge in [-0.3, -0.25) is 4.90 Å². The van der Waals surface area contributed by atoms with Crippen molar-refractivity contribution in [1.29, 1.82) is 5.41 Å². The molecule has 8 heteroatoms. The Morgan fingerprint density at radius 3 is 2.91 bits per heavy atom. The number of furan rings is 1. The highest BCUT2D eigenvalue weighted by molar-refractivity contribution is 6.00. The summed E-state index contributed by atoms with van der Waals surface area (Å²) in [5.41, 5.74) is 7.26. The molecule has 3 aliphatic rings. The van der Waals surface area contributed by atoms with E-state index in [-0.39, 0.29) is 17.6 Å². The molecule has 0 aromatic carbocycles. The van der Waals surface area contributed by atoms with E-state index in [1.54, 1.807) is 12.6 Å². The maximum absolute atomic E-state index is 8.84. The third-order valence-electron chi connectivity index (χ3n) is 6.85. The van der Waals surface area contributed by atoms with Gasteiger partial charge in [-0.2, -0.15) is 0 Å². The van der Waals surface area contributed by atoms with Crippen molar-refractivity contribution in [3.63, 3.8) is 0 Å². The Morgan fingerprint density at radius 1 is 1.33 bits per heavy atom. The maximum atomic E-state index is 8.84. The van der Waals surface area contributed by atoms with Gasteiger partial charge in [0.15, 0.2) is 0 Å². The van der Waals surface area contributed by atoms with Crippen LogP contribution in [0.3, 0.4) is 0 Å². The van der Waals surface area contributed by atoms with Crippen molar-refractivity contribution < 1.29 is 9.15 Å². The van der Waals surface area contributed by atoms with E-state index in [0.717, 1.165) is 56.4 Å². The lowest BCUT2D eigenvalue weighted by molar-refractivity contribution is 0.117. The summed E-state index contributed by atoms with van der Waals surface area (Å²) < 4.78 is 11.6. The highest BCUT2D eigenvalue weighted by Crippen LogP contribution is 2.41. The number of hydrogen-bond acceptors (Lipinski definition) is 8. The first kappa shape index (κ1) is 21.9. The van der Waals surface area contributed by atoms with Gasteiger partial charge in [-0.05, 0) is 51.0 Å². The summed E-state index contributed by atoms with van der Waals surface area (Å²) in [4.78, 5) is 13.6. The van der Waals surface area contributed by atoms with Crippen LogP contribution >= 0.6 is 0 Å². The molecule has 3 N–H and O–H groups in total. The van der Waals surface area contributed by atoms with Crippen LogP contribution in [0.2, 0.25) is 0 Å². The van der Waals surface area contributed by atoms with Crippen LogP contribution in [0.4, 0.5) is 5.82 Å². The van der Waals surface area contributed by atoms with Crippen LogP contribution in [0.25, 0.3) is 0 Å². The van der Waals surface area contributed by atoms with Gasteiger partial charge >= 0.3 is 0 Å². The van der Waals surface area contributed by atoms with Crippen molar-refractivity contribution in [2.75, 3.05) is 24.5 Å². The lowest BCUT2D eigenvalue weighted by Gasteiger charge is -2.40.